The van der Waals surface area contributed by atoms with Crippen molar-refractivity contribution < 1.29 is 13.9 Å². The highest BCUT2D eigenvalue weighted by atomic mass is 19.1. The van der Waals surface area contributed by atoms with Crippen LogP contribution in [0.3, 0.4) is 0 Å². The van der Waals surface area contributed by atoms with Gasteiger partial charge in [0.2, 0.25) is 5.88 Å². The van der Waals surface area contributed by atoms with Gasteiger partial charge in [-0.3, -0.25) is 0 Å². The van der Waals surface area contributed by atoms with Gasteiger partial charge in [0.15, 0.2) is 17.4 Å². The summed E-state index contributed by atoms with van der Waals surface area (Å²) in [7, 11) is 3.05. The van der Waals surface area contributed by atoms with Gasteiger partial charge in [0.1, 0.15) is 11.5 Å². The fourth-order valence-corrected chi connectivity index (χ4v) is 2.76. The molecule has 0 saturated heterocycles. The predicted octanol–water partition coefficient (Wildman–Crippen LogP) is 2.69. The van der Waals surface area contributed by atoms with E-state index >= 15 is 0 Å². The summed E-state index contributed by atoms with van der Waals surface area (Å²) in [5, 5.41) is 4.56. The summed E-state index contributed by atoms with van der Waals surface area (Å²) in [5.41, 5.74) is 7.78. The highest BCUT2D eigenvalue weighted by Gasteiger charge is 2.22. The maximum absolute atomic E-state index is 14.0. The van der Waals surface area contributed by atoms with Gasteiger partial charge in [-0.1, -0.05) is 25.1 Å². The first kappa shape index (κ1) is 17.7. The number of hydrogen-bond donors (Lipinski definition) is 1. The van der Waals surface area contributed by atoms with E-state index in [1.807, 2.05) is 6.92 Å². The second kappa shape index (κ2) is 7.38. The highest BCUT2D eigenvalue weighted by Crippen LogP contribution is 2.31. The van der Waals surface area contributed by atoms with Gasteiger partial charge in [-0.15, -0.1) is 0 Å². The zero-order chi connectivity index (χ0) is 18.7. The molecule has 2 N–H and O–H groups in total. The van der Waals surface area contributed by atoms with Crippen molar-refractivity contribution in [2.24, 2.45) is 0 Å². The summed E-state index contributed by atoms with van der Waals surface area (Å²) in [4.78, 5) is 8.55. The van der Waals surface area contributed by atoms with Gasteiger partial charge in [0, 0.05) is 11.1 Å². The van der Waals surface area contributed by atoms with Gasteiger partial charge in [-0.05, 0) is 12.5 Å². The lowest BCUT2D eigenvalue weighted by molar-refractivity contribution is 0.362. The third-order valence-electron chi connectivity index (χ3n) is 4.04. The number of nitrogens with zero attached hydrogens (tertiary/aromatic N) is 4. The number of halogens is 1. The number of methoxy groups -OCH3 is 2. The Morgan fingerprint density at radius 2 is 1.96 bits per heavy atom. The molecule has 0 amide bonds. The SMILES string of the molecule is CCc1c(-c2ncc(OC)c(N)n2)nn(Cc2ccccc2F)c1OC. The molecule has 26 heavy (non-hydrogen) atoms. The van der Waals surface area contributed by atoms with Crippen LogP contribution in [0.15, 0.2) is 30.5 Å². The molecule has 3 aromatic rings. The Morgan fingerprint density at radius 3 is 2.58 bits per heavy atom. The van der Waals surface area contributed by atoms with Gasteiger partial charge in [0.25, 0.3) is 0 Å². The summed E-state index contributed by atoms with van der Waals surface area (Å²) in [6.07, 6.45) is 2.14. The van der Waals surface area contributed by atoms with Crippen molar-refractivity contribution in [3.63, 3.8) is 0 Å². The average Bonchev–Trinajstić information content (AvgIpc) is 3.00. The summed E-state index contributed by atoms with van der Waals surface area (Å²) >= 11 is 0. The number of benzene rings is 1. The van der Waals surface area contributed by atoms with Gasteiger partial charge in [-0.2, -0.15) is 5.10 Å². The number of hydrogen-bond acceptors (Lipinski definition) is 6. The number of nitrogens with two attached hydrogens (primary N) is 1. The Labute approximate surface area is 150 Å². The molecule has 0 unspecified atom stereocenters. The van der Waals surface area contributed by atoms with Crippen molar-refractivity contribution in [1.29, 1.82) is 0 Å². The normalized spacial score (nSPS) is 10.8. The minimum atomic E-state index is -0.297. The van der Waals surface area contributed by atoms with E-state index in [-0.39, 0.29) is 18.2 Å². The van der Waals surface area contributed by atoms with Crippen LogP contribution in [0.2, 0.25) is 0 Å². The van der Waals surface area contributed by atoms with Crippen LogP contribution in [-0.4, -0.2) is 34.0 Å². The van der Waals surface area contributed by atoms with Gasteiger partial charge in [-0.25, -0.2) is 19.0 Å². The van der Waals surface area contributed by atoms with E-state index in [2.05, 4.69) is 15.1 Å². The summed E-state index contributed by atoms with van der Waals surface area (Å²) in [6, 6.07) is 6.56. The molecule has 2 aromatic heterocycles. The molecule has 0 aliphatic rings. The maximum Gasteiger partial charge on any atom is 0.215 e. The van der Waals surface area contributed by atoms with Crippen molar-refractivity contribution in [3.8, 4) is 23.1 Å². The first-order valence-corrected chi connectivity index (χ1v) is 8.13. The van der Waals surface area contributed by atoms with E-state index in [0.717, 1.165) is 5.56 Å². The molecular formula is C18H20FN5O2. The molecule has 0 aliphatic heterocycles. The lowest BCUT2D eigenvalue weighted by Gasteiger charge is -2.08. The second-order valence-electron chi connectivity index (χ2n) is 5.59. The summed E-state index contributed by atoms with van der Waals surface area (Å²) < 4.78 is 26.2. The number of rotatable bonds is 6. The molecule has 2 heterocycles. The van der Waals surface area contributed by atoms with E-state index in [0.29, 0.717) is 35.1 Å². The Kier molecular flexibility index (Phi) is 5.01. The zero-order valence-electron chi connectivity index (χ0n) is 14.9. The largest absolute Gasteiger partial charge is 0.491 e. The Balaban J connectivity index is 2.08. The number of nitrogen functional groups attached to an aromatic ring is 1. The monoisotopic (exact) mass is 357 g/mol. The molecule has 0 atom stereocenters. The van der Waals surface area contributed by atoms with E-state index in [4.69, 9.17) is 15.2 Å². The smallest absolute Gasteiger partial charge is 0.215 e. The molecule has 0 fully saturated rings. The standard InChI is InChI=1S/C18H20FN5O2/c1-4-12-15(17-21-9-14(25-2)16(20)22-17)23-24(18(12)26-3)10-11-7-5-6-8-13(11)19/h5-9H,4,10H2,1-3H3,(H2,20,21,22). The van der Waals surface area contributed by atoms with Crippen LogP contribution in [0, 0.1) is 5.82 Å². The second-order valence-corrected chi connectivity index (χ2v) is 5.59. The molecule has 0 saturated carbocycles. The Hall–Kier alpha value is -3.16. The van der Waals surface area contributed by atoms with Crippen LogP contribution in [-0.2, 0) is 13.0 Å². The lowest BCUT2D eigenvalue weighted by Crippen LogP contribution is -2.06. The van der Waals surface area contributed by atoms with Crippen LogP contribution in [0.5, 0.6) is 11.6 Å². The number of anilines is 1. The van der Waals surface area contributed by atoms with Crippen molar-refractivity contribution in [2.75, 3.05) is 20.0 Å². The van der Waals surface area contributed by atoms with E-state index in [9.17, 15) is 4.39 Å². The zero-order valence-corrected chi connectivity index (χ0v) is 14.9. The molecule has 1 aromatic carbocycles. The molecule has 3 rings (SSSR count). The van der Waals surface area contributed by atoms with Gasteiger partial charge >= 0.3 is 0 Å². The summed E-state index contributed by atoms with van der Waals surface area (Å²) in [6.45, 7) is 2.21. The fourth-order valence-electron chi connectivity index (χ4n) is 2.76. The number of ether oxygens (including phenoxy) is 2. The number of aromatic nitrogens is 4. The quantitative estimate of drug-likeness (QED) is 0.730. The van der Waals surface area contributed by atoms with Crippen LogP contribution in [0.4, 0.5) is 10.2 Å². The third-order valence-corrected chi connectivity index (χ3v) is 4.04. The maximum atomic E-state index is 14.0. The third kappa shape index (κ3) is 3.17. The predicted molar refractivity (Wildman–Crippen MR) is 95.6 cm³/mol. The van der Waals surface area contributed by atoms with Crippen LogP contribution >= 0.6 is 0 Å². The minimum Gasteiger partial charge on any atom is -0.491 e. The van der Waals surface area contributed by atoms with Gasteiger partial charge in [0.05, 0.1) is 27.0 Å². The minimum absolute atomic E-state index is 0.224. The first-order chi connectivity index (χ1) is 12.6. The highest BCUT2D eigenvalue weighted by molar-refractivity contribution is 5.61. The van der Waals surface area contributed by atoms with Crippen LogP contribution < -0.4 is 15.2 Å². The van der Waals surface area contributed by atoms with Crippen LogP contribution in [0.25, 0.3) is 11.5 Å². The van der Waals surface area contributed by atoms with Crippen LogP contribution in [0.1, 0.15) is 18.1 Å². The molecule has 136 valence electrons. The first-order valence-electron chi connectivity index (χ1n) is 8.13. The van der Waals surface area contributed by atoms with E-state index < -0.39 is 0 Å². The van der Waals surface area contributed by atoms with Crippen molar-refractivity contribution in [2.45, 2.75) is 19.9 Å². The Bertz CT molecular complexity index is 926. The molecular weight excluding hydrogens is 337 g/mol. The molecule has 0 spiro atoms. The fraction of sp³-hybridized carbons (Fsp3) is 0.278. The van der Waals surface area contributed by atoms with E-state index in [1.165, 1.54) is 19.4 Å². The molecule has 7 nitrogen and oxygen atoms in total. The molecule has 0 radical (unpaired) electrons. The van der Waals surface area contributed by atoms with Crippen molar-refractivity contribution >= 4 is 5.82 Å². The van der Waals surface area contributed by atoms with Crippen molar-refractivity contribution in [3.05, 3.63) is 47.4 Å². The Morgan fingerprint density at radius 1 is 1.19 bits per heavy atom. The lowest BCUT2D eigenvalue weighted by atomic mass is 10.1. The topological polar surface area (TPSA) is 88.1 Å². The molecule has 0 aliphatic carbocycles. The van der Waals surface area contributed by atoms with Gasteiger partial charge < -0.3 is 15.2 Å². The molecule has 0 bridgehead atoms. The molecule has 8 heteroatoms. The average molecular weight is 357 g/mol. The summed E-state index contributed by atoms with van der Waals surface area (Å²) in [5.74, 6) is 1.23. The van der Waals surface area contributed by atoms with E-state index in [1.54, 1.807) is 30.0 Å². The van der Waals surface area contributed by atoms with Crippen molar-refractivity contribution in [1.82, 2.24) is 19.7 Å².